The van der Waals surface area contributed by atoms with E-state index in [0.717, 1.165) is 19.0 Å². The lowest BCUT2D eigenvalue weighted by molar-refractivity contribution is -0.120. The molecule has 0 atom stereocenters. The van der Waals surface area contributed by atoms with Crippen molar-refractivity contribution >= 4 is 28.9 Å². The predicted molar refractivity (Wildman–Crippen MR) is 117 cm³/mol. The van der Waals surface area contributed by atoms with Crippen LogP contribution in [0.4, 0.5) is 17.1 Å². The number of anilines is 3. The lowest BCUT2D eigenvalue weighted by atomic mass is 9.99. The summed E-state index contributed by atoms with van der Waals surface area (Å²) < 4.78 is 5.32. The van der Waals surface area contributed by atoms with Crippen LogP contribution in [-0.4, -0.2) is 38.6 Å². The molecule has 1 heterocycles. The number of carbonyl (C=O) groups excluding carboxylic acids is 2. The van der Waals surface area contributed by atoms with Gasteiger partial charge in [-0.15, -0.1) is 0 Å². The van der Waals surface area contributed by atoms with Gasteiger partial charge in [0.1, 0.15) is 12.3 Å². The molecule has 1 aliphatic heterocycles. The zero-order chi connectivity index (χ0) is 20.8. The third-order valence-corrected chi connectivity index (χ3v) is 5.36. The van der Waals surface area contributed by atoms with E-state index in [4.69, 9.17) is 4.74 Å². The zero-order valence-electron chi connectivity index (χ0n) is 17.4. The summed E-state index contributed by atoms with van der Waals surface area (Å²) in [7, 11) is 1.54. The fourth-order valence-corrected chi connectivity index (χ4v) is 3.59. The Hall–Kier alpha value is -3.02. The summed E-state index contributed by atoms with van der Waals surface area (Å²) in [5.41, 5.74) is 2.47. The Morgan fingerprint density at radius 2 is 1.76 bits per heavy atom. The molecular formula is C23H29N3O3. The molecule has 0 bridgehead atoms. The molecule has 0 unspecified atom stereocenters. The number of hydrogen-bond acceptors (Lipinski definition) is 4. The Balaban J connectivity index is 1.64. The van der Waals surface area contributed by atoms with Crippen molar-refractivity contribution in [1.82, 2.24) is 0 Å². The van der Waals surface area contributed by atoms with E-state index >= 15 is 0 Å². The summed E-state index contributed by atoms with van der Waals surface area (Å²) >= 11 is 0. The molecular weight excluding hydrogens is 366 g/mol. The van der Waals surface area contributed by atoms with Crippen molar-refractivity contribution in [3.05, 3.63) is 48.5 Å². The largest absolute Gasteiger partial charge is 0.495 e. The second-order valence-corrected chi connectivity index (χ2v) is 7.54. The van der Waals surface area contributed by atoms with Gasteiger partial charge in [-0.2, -0.15) is 0 Å². The lowest BCUT2D eigenvalue weighted by Gasteiger charge is -2.32. The highest BCUT2D eigenvalue weighted by Crippen LogP contribution is 2.28. The van der Waals surface area contributed by atoms with E-state index in [2.05, 4.69) is 17.1 Å². The first kappa shape index (κ1) is 20.7. The highest BCUT2D eigenvalue weighted by molar-refractivity contribution is 6.02. The van der Waals surface area contributed by atoms with Gasteiger partial charge in [-0.1, -0.05) is 19.1 Å². The molecule has 0 aliphatic carbocycles. The number of para-hydroxylation sites is 2. The van der Waals surface area contributed by atoms with E-state index in [1.807, 2.05) is 36.4 Å². The fraction of sp³-hybridized carbons (Fsp3) is 0.391. The number of hydrogen-bond donors (Lipinski definition) is 1. The van der Waals surface area contributed by atoms with Crippen LogP contribution in [0.2, 0.25) is 0 Å². The minimum absolute atomic E-state index is 0.0819. The van der Waals surface area contributed by atoms with Crippen LogP contribution >= 0.6 is 0 Å². The van der Waals surface area contributed by atoms with E-state index in [0.29, 0.717) is 17.1 Å². The zero-order valence-corrected chi connectivity index (χ0v) is 17.4. The third-order valence-electron chi connectivity index (χ3n) is 5.36. The van der Waals surface area contributed by atoms with Gasteiger partial charge in [-0.05, 0) is 55.2 Å². The average molecular weight is 396 g/mol. The highest BCUT2D eigenvalue weighted by atomic mass is 16.5. The first-order valence-corrected chi connectivity index (χ1v) is 10.0. The molecule has 6 heteroatoms. The number of piperidine rings is 1. The van der Waals surface area contributed by atoms with Crippen molar-refractivity contribution in [2.75, 3.05) is 41.9 Å². The van der Waals surface area contributed by atoms with Crippen molar-refractivity contribution in [3.63, 3.8) is 0 Å². The topological polar surface area (TPSA) is 61.9 Å². The van der Waals surface area contributed by atoms with E-state index in [1.54, 1.807) is 19.2 Å². The van der Waals surface area contributed by atoms with Gasteiger partial charge in [0, 0.05) is 31.4 Å². The van der Waals surface area contributed by atoms with Crippen LogP contribution in [0.1, 0.15) is 26.7 Å². The van der Waals surface area contributed by atoms with Crippen LogP contribution in [0.25, 0.3) is 0 Å². The van der Waals surface area contributed by atoms with Crippen LogP contribution in [0, 0.1) is 5.92 Å². The minimum Gasteiger partial charge on any atom is -0.495 e. The molecule has 3 rings (SSSR count). The second-order valence-electron chi connectivity index (χ2n) is 7.54. The van der Waals surface area contributed by atoms with Crippen LogP contribution in [-0.2, 0) is 9.59 Å². The van der Waals surface area contributed by atoms with Gasteiger partial charge in [0.05, 0.1) is 12.8 Å². The number of ether oxygens (including phenoxy) is 1. The molecule has 1 saturated heterocycles. The first-order chi connectivity index (χ1) is 14.0. The Bertz CT molecular complexity index is 843. The van der Waals surface area contributed by atoms with Gasteiger partial charge in [0.2, 0.25) is 11.8 Å². The van der Waals surface area contributed by atoms with Crippen LogP contribution in [0.5, 0.6) is 5.75 Å². The number of nitrogens with one attached hydrogen (secondary N) is 1. The number of nitrogens with zero attached hydrogens (tertiary/aromatic N) is 2. The smallest absolute Gasteiger partial charge is 0.244 e. The SMILES string of the molecule is COc1ccccc1N(CC(=O)Nc1ccc(N2CCC(C)CC2)cc1)C(C)=O. The molecule has 6 nitrogen and oxygen atoms in total. The number of rotatable bonds is 6. The molecule has 2 aromatic carbocycles. The standard InChI is InChI=1S/C23H29N3O3/c1-17-12-14-25(15-13-17)20-10-8-19(9-11-20)24-23(28)16-26(18(2)27)21-6-4-5-7-22(21)29-3/h4-11,17H,12-16H2,1-3H3,(H,24,28). The van der Waals surface area contributed by atoms with Gasteiger partial charge in [0.25, 0.3) is 0 Å². The molecule has 2 amide bonds. The van der Waals surface area contributed by atoms with Crippen LogP contribution < -0.4 is 19.9 Å². The molecule has 1 aliphatic rings. The second kappa shape index (κ2) is 9.45. The van der Waals surface area contributed by atoms with Gasteiger partial charge in [-0.25, -0.2) is 0 Å². The van der Waals surface area contributed by atoms with Crippen LogP contribution in [0.15, 0.2) is 48.5 Å². The third kappa shape index (κ3) is 5.28. The molecule has 1 N–H and O–H groups in total. The number of methoxy groups -OCH3 is 1. The number of benzene rings is 2. The summed E-state index contributed by atoms with van der Waals surface area (Å²) in [6.45, 7) is 5.79. The van der Waals surface area contributed by atoms with Gasteiger partial charge < -0.3 is 15.0 Å². The maximum absolute atomic E-state index is 12.6. The summed E-state index contributed by atoms with van der Waals surface area (Å²) in [4.78, 5) is 28.5. The summed E-state index contributed by atoms with van der Waals surface area (Å²) in [5.74, 6) is 0.859. The van der Waals surface area contributed by atoms with E-state index in [-0.39, 0.29) is 18.4 Å². The van der Waals surface area contributed by atoms with Crippen LogP contribution in [0.3, 0.4) is 0 Å². The maximum Gasteiger partial charge on any atom is 0.244 e. The fourth-order valence-electron chi connectivity index (χ4n) is 3.59. The van der Waals surface area contributed by atoms with E-state index in [1.165, 1.54) is 30.4 Å². The monoisotopic (exact) mass is 395 g/mol. The van der Waals surface area contributed by atoms with E-state index in [9.17, 15) is 9.59 Å². The number of carbonyl (C=O) groups is 2. The van der Waals surface area contributed by atoms with Crippen molar-refractivity contribution in [1.29, 1.82) is 0 Å². The van der Waals surface area contributed by atoms with Gasteiger partial charge >= 0.3 is 0 Å². The van der Waals surface area contributed by atoms with Crippen molar-refractivity contribution in [2.24, 2.45) is 5.92 Å². The molecule has 0 radical (unpaired) electrons. The molecule has 29 heavy (non-hydrogen) atoms. The predicted octanol–water partition coefficient (Wildman–Crippen LogP) is 3.92. The summed E-state index contributed by atoms with van der Waals surface area (Å²) in [5, 5.41) is 2.88. The Morgan fingerprint density at radius 3 is 2.38 bits per heavy atom. The Labute approximate surface area is 172 Å². The molecule has 0 spiro atoms. The van der Waals surface area contributed by atoms with Crippen molar-refractivity contribution < 1.29 is 14.3 Å². The Morgan fingerprint density at radius 1 is 1.10 bits per heavy atom. The summed E-state index contributed by atoms with van der Waals surface area (Å²) in [6, 6.07) is 15.1. The quantitative estimate of drug-likeness (QED) is 0.805. The molecule has 0 saturated carbocycles. The normalized spacial score (nSPS) is 14.4. The lowest BCUT2D eigenvalue weighted by Crippen LogP contribution is -2.37. The van der Waals surface area contributed by atoms with Crippen molar-refractivity contribution in [2.45, 2.75) is 26.7 Å². The van der Waals surface area contributed by atoms with Gasteiger partial charge in [0.15, 0.2) is 0 Å². The first-order valence-electron chi connectivity index (χ1n) is 10.0. The highest BCUT2D eigenvalue weighted by Gasteiger charge is 2.20. The molecule has 1 fully saturated rings. The molecule has 154 valence electrons. The average Bonchev–Trinajstić information content (AvgIpc) is 2.73. The Kier molecular flexibility index (Phi) is 6.75. The molecule has 0 aromatic heterocycles. The minimum atomic E-state index is -0.259. The van der Waals surface area contributed by atoms with E-state index < -0.39 is 0 Å². The molecule has 2 aromatic rings. The number of amides is 2. The van der Waals surface area contributed by atoms with Gasteiger partial charge in [-0.3, -0.25) is 14.5 Å². The summed E-state index contributed by atoms with van der Waals surface area (Å²) in [6.07, 6.45) is 2.42. The van der Waals surface area contributed by atoms with Crippen molar-refractivity contribution in [3.8, 4) is 5.75 Å². The maximum atomic E-state index is 12.6.